The van der Waals surface area contributed by atoms with Crippen molar-refractivity contribution in [3.05, 3.63) is 59.7 Å². The van der Waals surface area contributed by atoms with Gasteiger partial charge in [0.1, 0.15) is 6.29 Å². The van der Waals surface area contributed by atoms with Crippen molar-refractivity contribution in [3.63, 3.8) is 0 Å². The molecule has 0 aromatic heterocycles. The van der Waals surface area contributed by atoms with Crippen molar-refractivity contribution in [1.29, 1.82) is 0 Å². The normalized spacial score (nSPS) is 10.3. The molecule has 3 heteroatoms. The third-order valence-electron chi connectivity index (χ3n) is 2.58. The van der Waals surface area contributed by atoms with Crippen LogP contribution >= 0.6 is 21.6 Å². The highest BCUT2D eigenvalue weighted by Gasteiger charge is 1.98. The van der Waals surface area contributed by atoms with E-state index in [-0.39, 0.29) is 0 Å². The van der Waals surface area contributed by atoms with E-state index in [0.717, 1.165) is 23.2 Å². The Morgan fingerprint density at radius 3 is 1.83 bits per heavy atom. The second kappa shape index (κ2) is 6.66. The van der Waals surface area contributed by atoms with E-state index in [1.165, 1.54) is 10.5 Å². The van der Waals surface area contributed by atoms with Gasteiger partial charge in [0.15, 0.2) is 0 Å². The van der Waals surface area contributed by atoms with Crippen molar-refractivity contribution >= 4 is 27.9 Å². The molecule has 0 bridgehead atoms. The maximum atomic E-state index is 10.5. The van der Waals surface area contributed by atoms with Gasteiger partial charge in [-0.05, 0) is 36.2 Å². The minimum atomic E-state index is 0.719. The summed E-state index contributed by atoms with van der Waals surface area (Å²) in [5.41, 5.74) is 2.08. The lowest BCUT2D eigenvalue weighted by molar-refractivity contribution is 0.112. The Kier molecular flexibility index (Phi) is 4.90. The quantitative estimate of drug-likeness (QED) is 0.572. The molecule has 0 unspecified atom stereocenters. The fourth-order valence-electron chi connectivity index (χ4n) is 1.48. The number of benzene rings is 2. The summed E-state index contributed by atoms with van der Waals surface area (Å²) >= 11 is 0. The van der Waals surface area contributed by atoms with Crippen LogP contribution in [0.1, 0.15) is 22.8 Å². The topological polar surface area (TPSA) is 17.1 Å². The van der Waals surface area contributed by atoms with Crippen LogP contribution in [0.15, 0.2) is 58.3 Å². The van der Waals surface area contributed by atoms with E-state index in [4.69, 9.17) is 0 Å². The lowest BCUT2D eigenvalue weighted by Crippen LogP contribution is -1.78. The Hall–Kier alpha value is -1.19. The second-order valence-corrected chi connectivity index (χ2v) is 6.13. The first-order chi connectivity index (χ1) is 8.81. The van der Waals surface area contributed by atoms with Gasteiger partial charge in [-0.25, -0.2) is 0 Å². The van der Waals surface area contributed by atoms with Gasteiger partial charge in [-0.15, -0.1) is 0 Å². The van der Waals surface area contributed by atoms with E-state index in [2.05, 4.69) is 31.2 Å². The smallest absolute Gasteiger partial charge is 0.150 e. The first-order valence-corrected chi connectivity index (χ1v) is 7.95. The van der Waals surface area contributed by atoms with Gasteiger partial charge in [0.25, 0.3) is 0 Å². The molecule has 0 saturated heterocycles. The van der Waals surface area contributed by atoms with Crippen molar-refractivity contribution in [3.8, 4) is 0 Å². The van der Waals surface area contributed by atoms with Crippen LogP contribution < -0.4 is 0 Å². The lowest BCUT2D eigenvalue weighted by atomic mass is 10.2. The summed E-state index contributed by atoms with van der Waals surface area (Å²) in [5, 5.41) is 0. The van der Waals surface area contributed by atoms with Crippen LogP contribution in [0.2, 0.25) is 0 Å². The van der Waals surface area contributed by atoms with Crippen molar-refractivity contribution < 1.29 is 4.79 Å². The predicted molar refractivity (Wildman–Crippen MR) is 79.4 cm³/mol. The van der Waals surface area contributed by atoms with Gasteiger partial charge in [0.2, 0.25) is 0 Å². The van der Waals surface area contributed by atoms with Crippen LogP contribution in [0.3, 0.4) is 0 Å². The third kappa shape index (κ3) is 3.65. The van der Waals surface area contributed by atoms with Crippen LogP contribution in [0.4, 0.5) is 0 Å². The molecule has 2 aromatic rings. The van der Waals surface area contributed by atoms with Gasteiger partial charge in [-0.2, -0.15) is 0 Å². The van der Waals surface area contributed by atoms with Crippen LogP contribution in [0, 0.1) is 0 Å². The average molecular weight is 274 g/mol. The molecule has 0 saturated carbocycles. The Morgan fingerprint density at radius 2 is 1.39 bits per heavy atom. The van der Waals surface area contributed by atoms with Crippen LogP contribution in [-0.4, -0.2) is 6.29 Å². The van der Waals surface area contributed by atoms with Crippen LogP contribution in [0.25, 0.3) is 0 Å². The molecule has 0 atom stereocenters. The van der Waals surface area contributed by atoms with Crippen LogP contribution in [0.5, 0.6) is 0 Å². The number of rotatable bonds is 5. The SMILES string of the molecule is CCc1ccc(SSc2ccc(C=O)cc2)cc1. The van der Waals surface area contributed by atoms with Gasteiger partial charge in [0, 0.05) is 15.4 Å². The molecule has 0 spiro atoms. The van der Waals surface area contributed by atoms with Crippen LogP contribution in [-0.2, 0) is 6.42 Å². The summed E-state index contributed by atoms with van der Waals surface area (Å²) in [7, 11) is 3.44. The summed E-state index contributed by atoms with van der Waals surface area (Å²) in [6.45, 7) is 2.16. The molecule has 18 heavy (non-hydrogen) atoms. The van der Waals surface area contributed by atoms with Crippen molar-refractivity contribution in [2.45, 2.75) is 23.1 Å². The molecule has 0 aliphatic rings. The van der Waals surface area contributed by atoms with Gasteiger partial charge in [-0.3, -0.25) is 4.79 Å². The highest BCUT2D eigenvalue weighted by atomic mass is 33.1. The molecule has 0 heterocycles. The van der Waals surface area contributed by atoms with Crippen molar-refractivity contribution in [2.24, 2.45) is 0 Å². The summed E-state index contributed by atoms with van der Waals surface area (Å²) in [4.78, 5) is 12.9. The zero-order chi connectivity index (χ0) is 12.8. The minimum Gasteiger partial charge on any atom is -0.298 e. The molecule has 0 fully saturated rings. The molecule has 0 aliphatic heterocycles. The Bertz CT molecular complexity index is 503. The maximum Gasteiger partial charge on any atom is 0.150 e. The highest BCUT2D eigenvalue weighted by Crippen LogP contribution is 2.37. The van der Waals surface area contributed by atoms with Gasteiger partial charge in [0.05, 0.1) is 0 Å². The average Bonchev–Trinajstić information content (AvgIpc) is 2.46. The minimum absolute atomic E-state index is 0.719. The molecule has 2 rings (SSSR count). The molecule has 92 valence electrons. The van der Waals surface area contributed by atoms with Crippen molar-refractivity contribution in [2.75, 3.05) is 0 Å². The summed E-state index contributed by atoms with van der Waals surface area (Å²) < 4.78 is 0. The van der Waals surface area contributed by atoms with E-state index >= 15 is 0 Å². The van der Waals surface area contributed by atoms with Gasteiger partial charge >= 0.3 is 0 Å². The molecule has 1 nitrogen and oxygen atoms in total. The van der Waals surface area contributed by atoms with E-state index in [0.29, 0.717) is 0 Å². The Morgan fingerprint density at radius 1 is 0.889 bits per heavy atom. The summed E-state index contributed by atoms with van der Waals surface area (Å²) in [6.07, 6.45) is 1.94. The molecular weight excluding hydrogens is 260 g/mol. The van der Waals surface area contributed by atoms with E-state index < -0.39 is 0 Å². The largest absolute Gasteiger partial charge is 0.298 e. The summed E-state index contributed by atoms with van der Waals surface area (Å²) in [6, 6.07) is 16.3. The molecule has 0 radical (unpaired) electrons. The number of hydrogen-bond donors (Lipinski definition) is 0. The first-order valence-electron chi connectivity index (χ1n) is 5.80. The second-order valence-electron chi connectivity index (χ2n) is 3.85. The molecular formula is C15H14OS2. The lowest BCUT2D eigenvalue weighted by Gasteiger charge is -2.02. The molecule has 0 aliphatic carbocycles. The predicted octanol–water partition coefficient (Wildman–Crippen LogP) is 4.86. The molecule has 2 aromatic carbocycles. The third-order valence-corrected chi connectivity index (χ3v) is 5.00. The zero-order valence-electron chi connectivity index (χ0n) is 10.1. The fourth-order valence-corrected chi connectivity index (χ4v) is 3.41. The zero-order valence-corrected chi connectivity index (χ0v) is 11.8. The van der Waals surface area contributed by atoms with E-state index in [1.54, 1.807) is 21.6 Å². The monoisotopic (exact) mass is 274 g/mol. The molecule has 0 amide bonds. The standard InChI is InChI=1S/C15H14OS2/c1-2-12-3-7-14(8-4-12)17-18-15-9-5-13(11-16)6-10-15/h3-11H,2H2,1H3. The highest BCUT2D eigenvalue weighted by molar-refractivity contribution is 8.76. The van der Waals surface area contributed by atoms with Crippen molar-refractivity contribution in [1.82, 2.24) is 0 Å². The fraction of sp³-hybridized carbons (Fsp3) is 0.133. The van der Waals surface area contributed by atoms with Gasteiger partial charge in [-0.1, -0.05) is 52.8 Å². The van der Waals surface area contributed by atoms with Gasteiger partial charge < -0.3 is 0 Å². The number of carbonyl (C=O) groups is 1. The first kappa shape index (κ1) is 13.2. The number of carbonyl (C=O) groups excluding carboxylic acids is 1. The Labute approximate surface area is 115 Å². The Balaban J connectivity index is 1.95. The number of aldehydes is 1. The number of hydrogen-bond acceptors (Lipinski definition) is 3. The molecule has 0 N–H and O–H groups in total. The number of aryl methyl sites for hydroxylation is 1. The summed E-state index contributed by atoms with van der Waals surface area (Å²) in [5.74, 6) is 0. The maximum absolute atomic E-state index is 10.5. The van der Waals surface area contributed by atoms with E-state index in [1.807, 2.05) is 24.3 Å². The van der Waals surface area contributed by atoms with E-state index in [9.17, 15) is 4.79 Å².